The molecule has 1 saturated heterocycles. The van der Waals surface area contributed by atoms with Crippen LogP contribution in [0.3, 0.4) is 0 Å². The van der Waals surface area contributed by atoms with E-state index in [0.717, 1.165) is 48.9 Å². The number of nitrogens with zero attached hydrogens (tertiary/aromatic N) is 1. The number of carbonyl (C=O) groups excluding carboxylic acids is 1. The third-order valence-electron chi connectivity index (χ3n) is 5.98. The molecule has 2 nitrogen and oxygen atoms in total. The SMILES string of the molecule is Cl.O=C(CCCN1CCC(=C(c2ccccc2)c2ccccc2)CC1)c1ccc(Br)cc1. The van der Waals surface area contributed by atoms with Crippen molar-refractivity contribution in [1.82, 2.24) is 4.90 Å². The number of likely N-dealkylation sites (tertiary alicyclic amines) is 1. The van der Waals surface area contributed by atoms with Gasteiger partial charge in [0.15, 0.2) is 5.78 Å². The average Bonchev–Trinajstić information content (AvgIpc) is 2.82. The molecule has 1 aliphatic rings. The van der Waals surface area contributed by atoms with Crippen LogP contribution in [0.15, 0.2) is 95.0 Å². The zero-order chi connectivity index (χ0) is 21.5. The molecular weight excluding hydrogens is 482 g/mol. The number of carbonyl (C=O) groups is 1. The number of piperidine rings is 1. The van der Waals surface area contributed by atoms with Crippen LogP contribution in [0.1, 0.15) is 47.2 Å². The highest BCUT2D eigenvalue weighted by Gasteiger charge is 2.19. The van der Waals surface area contributed by atoms with Crippen molar-refractivity contribution in [3.63, 3.8) is 0 Å². The number of ketones is 1. The van der Waals surface area contributed by atoms with Gasteiger partial charge in [-0.3, -0.25) is 4.79 Å². The first-order valence-corrected chi connectivity index (χ1v) is 11.8. The van der Waals surface area contributed by atoms with Crippen molar-refractivity contribution < 1.29 is 4.79 Å². The minimum absolute atomic E-state index is 0. The van der Waals surface area contributed by atoms with Crippen molar-refractivity contribution >= 4 is 39.7 Å². The maximum atomic E-state index is 12.4. The van der Waals surface area contributed by atoms with E-state index in [9.17, 15) is 4.79 Å². The van der Waals surface area contributed by atoms with E-state index in [1.807, 2.05) is 24.3 Å². The predicted molar refractivity (Wildman–Crippen MR) is 140 cm³/mol. The summed E-state index contributed by atoms with van der Waals surface area (Å²) >= 11 is 3.42. The summed E-state index contributed by atoms with van der Waals surface area (Å²) in [5.41, 5.74) is 6.35. The summed E-state index contributed by atoms with van der Waals surface area (Å²) in [6.07, 6.45) is 3.69. The van der Waals surface area contributed by atoms with Gasteiger partial charge >= 0.3 is 0 Å². The molecule has 1 heterocycles. The topological polar surface area (TPSA) is 20.3 Å². The lowest BCUT2D eigenvalue weighted by Crippen LogP contribution is -2.32. The highest BCUT2D eigenvalue weighted by Crippen LogP contribution is 2.32. The molecule has 0 aliphatic carbocycles. The average molecular weight is 511 g/mol. The van der Waals surface area contributed by atoms with E-state index in [2.05, 4.69) is 81.5 Å². The van der Waals surface area contributed by atoms with Crippen molar-refractivity contribution in [2.45, 2.75) is 25.7 Å². The second-order valence-corrected chi connectivity index (χ2v) is 9.00. The van der Waals surface area contributed by atoms with Gasteiger partial charge in [-0.05, 0) is 54.6 Å². The molecule has 4 heteroatoms. The molecule has 0 atom stereocenters. The number of halogens is 2. The Bertz CT molecular complexity index is 981. The van der Waals surface area contributed by atoms with Gasteiger partial charge in [0.1, 0.15) is 0 Å². The summed E-state index contributed by atoms with van der Waals surface area (Å²) in [6, 6.07) is 29.2. The van der Waals surface area contributed by atoms with Gasteiger partial charge in [0.2, 0.25) is 0 Å². The third-order valence-corrected chi connectivity index (χ3v) is 6.51. The standard InChI is InChI=1S/C28H28BrNO.ClH/c29-26-15-13-22(14-16-26)27(31)12-7-19-30-20-17-25(18-21-30)28(23-8-3-1-4-9-23)24-10-5-2-6-11-24;/h1-6,8-11,13-16H,7,12,17-21H2;1H. The largest absolute Gasteiger partial charge is 0.303 e. The van der Waals surface area contributed by atoms with E-state index in [4.69, 9.17) is 0 Å². The molecule has 0 spiro atoms. The van der Waals surface area contributed by atoms with Gasteiger partial charge in [-0.15, -0.1) is 12.4 Å². The molecule has 0 radical (unpaired) electrons. The Hall–Kier alpha value is -2.20. The van der Waals surface area contributed by atoms with Gasteiger partial charge in [-0.2, -0.15) is 0 Å². The van der Waals surface area contributed by atoms with Crippen LogP contribution >= 0.6 is 28.3 Å². The van der Waals surface area contributed by atoms with Crippen LogP contribution in [-0.4, -0.2) is 30.3 Å². The number of hydrogen-bond acceptors (Lipinski definition) is 2. The Kier molecular flexibility index (Phi) is 9.28. The fourth-order valence-corrected chi connectivity index (χ4v) is 4.59. The zero-order valence-electron chi connectivity index (χ0n) is 18.2. The van der Waals surface area contributed by atoms with Crippen LogP contribution in [-0.2, 0) is 0 Å². The lowest BCUT2D eigenvalue weighted by atomic mass is 9.88. The lowest BCUT2D eigenvalue weighted by Gasteiger charge is -2.30. The van der Waals surface area contributed by atoms with Crippen LogP contribution in [0, 0.1) is 0 Å². The van der Waals surface area contributed by atoms with Gasteiger partial charge < -0.3 is 4.90 Å². The highest BCUT2D eigenvalue weighted by molar-refractivity contribution is 9.10. The number of hydrogen-bond donors (Lipinski definition) is 0. The molecular formula is C28H29BrClNO. The first kappa shape index (κ1) is 24.4. The van der Waals surface area contributed by atoms with Crippen LogP contribution in [0.25, 0.3) is 5.57 Å². The van der Waals surface area contributed by atoms with Crippen LogP contribution in [0.2, 0.25) is 0 Å². The van der Waals surface area contributed by atoms with Gasteiger partial charge in [0.25, 0.3) is 0 Å². The zero-order valence-corrected chi connectivity index (χ0v) is 20.6. The molecule has 0 unspecified atom stereocenters. The lowest BCUT2D eigenvalue weighted by molar-refractivity contribution is 0.0974. The second-order valence-electron chi connectivity index (χ2n) is 8.09. The molecule has 3 aromatic carbocycles. The smallest absolute Gasteiger partial charge is 0.162 e. The van der Waals surface area contributed by atoms with Crippen molar-refractivity contribution in [1.29, 1.82) is 0 Å². The molecule has 4 rings (SSSR count). The Morgan fingerprint density at radius 3 is 1.81 bits per heavy atom. The fraction of sp³-hybridized carbons (Fsp3) is 0.250. The first-order chi connectivity index (χ1) is 15.2. The molecule has 0 aromatic heterocycles. The molecule has 32 heavy (non-hydrogen) atoms. The number of benzene rings is 3. The van der Waals surface area contributed by atoms with Crippen LogP contribution in [0.5, 0.6) is 0 Å². The van der Waals surface area contributed by atoms with Crippen molar-refractivity contribution in [2.75, 3.05) is 19.6 Å². The van der Waals surface area contributed by atoms with Gasteiger partial charge in [-0.1, -0.05) is 94.3 Å². The molecule has 1 fully saturated rings. The van der Waals surface area contributed by atoms with E-state index in [-0.39, 0.29) is 18.2 Å². The van der Waals surface area contributed by atoms with Gasteiger partial charge in [0, 0.05) is 29.5 Å². The molecule has 0 bridgehead atoms. The minimum Gasteiger partial charge on any atom is -0.303 e. The Morgan fingerprint density at radius 1 is 0.750 bits per heavy atom. The summed E-state index contributed by atoms with van der Waals surface area (Å²) in [5, 5.41) is 0. The Balaban J connectivity index is 0.00000289. The molecule has 3 aromatic rings. The maximum absolute atomic E-state index is 12.4. The van der Waals surface area contributed by atoms with Crippen LogP contribution < -0.4 is 0 Å². The fourth-order valence-electron chi connectivity index (χ4n) is 4.32. The number of rotatable bonds is 7. The summed E-state index contributed by atoms with van der Waals surface area (Å²) in [4.78, 5) is 14.9. The monoisotopic (exact) mass is 509 g/mol. The van der Waals surface area contributed by atoms with Gasteiger partial charge in [0.05, 0.1) is 0 Å². The molecule has 0 N–H and O–H groups in total. The van der Waals surface area contributed by atoms with E-state index in [1.165, 1.54) is 16.7 Å². The summed E-state index contributed by atoms with van der Waals surface area (Å²) < 4.78 is 1.01. The summed E-state index contributed by atoms with van der Waals surface area (Å²) in [5.74, 6) is 0.237. The van der Waals surface area contributed by atoms with E-state index < -0.39 is 0 Å². The van der Waals surface area contributed by atoms with Gasteiger partial charge in [-0.25, -0.2) is 0 Å². The molecule has 0 amide bonds. The minimum atomic E-state index is 0. The Labute approximate surface area is 205 Å². The van der Waals surface area contributed by atoms with E-state index in [0.29, 0.717) is 6.42 Å². The summed E-state index contributed by atoms with van der Waals surface area (Å²) in [6.45, 7) is 3.11. The first-order valence-electron chi connectivity index (χ1n) is 11.0. The quantitative estimate of drug-likeness (QED) is 0.308. The molecule has 166 valence electrons. The van der Waals surface area contributed by atoms with Crippen molar-refractivity contribution in [3.05, 3.63) is 112 Å². The molecule has 0 saturated carbocycles. The summed E-state index contributed by atoms with van der Waals surface area (Å²) in [7, 11) is 0. The Morgan fingerprint density at radius 2 is 1.28 bits per heavy atom. The predicted octanol–water partition coefficient (Wildman–Crippen LogP) is 7.43. The highest BCUT2D eigenvalue weighted by atomic mass is 79.9. The van der Waals surface area contributed by atoms with E-state index >= 15 is 0 Å². The van der Waals surface area contributed by atoms with Crippen molar-refractivity contribution in [3.8, 4) is 0 Å². The van der Waals surface area contributed by atoms with E-state index in [1.54, 1.807) is 5.57 Å². The van der Waals surface area contributed by atoms with Crippen molar-refractivity contribution in [2.24, 2.45) is 0 Å². The second kappa shape index (κ2) is 12.2. The van der Waals surface area contributed by atoms with Crippen LogP contribution in [0.4, 0.5) is 0 Å². The number of Topliss-reactive ketones (excluding diaryl/α,β-unsaturated/α-hetero) is 1. The third kappa shape index (κ3) is 6.41. The normalized spacial score (nSPS) is 14.0. The molecule has 1 aliphatic heterocycles. The maximum Gasteiger partial charge on any atom is 0.162 e.